The summed E-state index contributed by atoms with van der Waals surface area (Å²) in [5, 5.41) is 5.45. The highest BCUT2D eigenvalue weighted by molar-refractivity contribution is 6.32. The lowest BCUT2D eigenvalue weighted by Gasteiger charge is -2.20. The van der Waals surface area contributed by atoms with Crippen molar-refractivity contribution in [2.24, 2.45) is 0 Å². The molecule has 4 rings (SSSR count). The topological polar surface area (TPSA) is 47.4 Å². The molecule has 9 heteroatoms. The van der Waals surface area contributed by atoms with E-state index in [0.29, 0.717) is 27.0 Å². The first-order valence-electron chi connectivity index (χ1n) is 9.25. The average Bonchev–Trinajstić information content (AvgIpc) is 3.05. The molecule has 0 N–H and O–H groups in total. The molecule has 0 saturated heterocycles. The number of ether oxygens (including phenoxy) is 1. The molecule has 30 heavy (non-hydrogen) atoms. The molecule has 5 nitrogen and oxygen atoms in total. The molecule has 1 amide bonds. The molecule has 1 aromatic heterocycles. The van der Waals surface area contributed by atoms with Gasteiger partial charge in [-0.1, -0.05) is 47.5 Å². The highest BCUT2D eigenvalue weighted by Crippen LogP contribution is 2.38. The van der Waals surface area contributed by atoms with Gasteiger partial charge in [-0.25, -0.2) is 13.5 Å². The maximum Gasteiger partial charge on any atom is 0.278 e. The predicted octanol–water partition coefficient (Wildman–Crippen LogP) is 4.99. The van der Waals surface area contributed by atoms with E-state index in [4.69, 9.17) is 27.9 Å². The third kappa shape index (κ3) is 3.87. The van der Waals surface area contributed by atoms with Crippen LogP contribution in [0.1, 0.15) is 10.5 Å². The number of amides is 1. The van der Waals surface area contributed by atoms with Gasteiger partial charge < -0.3 is 9.64 Å². The van der Waals surface area contributed by atoms with Crippen molar-refractivity contribution < 1.29 is 18.3 Å². The van der Waals surface area contributed by atoms with E-state index in [1.807, 2.05) is 0 Å². The van der Waals surface area contributed by atoms with Crippen LogP contribution in [0.2, 0.25) is 10.0 Å². The summed E-state index contributed by atoms with van der Waals surface area (Å²) >= 11 is 12.4. The van der Waals surface area contributed by atoms with Crippen LogP contribution in [0.4, 0.5) is 8.78 Å². The summed E-state index contributed by atoms with van der Waals surface area (Å²) < 4.78 is 33.7. The highest BCUT2D eigenvalue weighted by Gasteiger charge is 2.33. The molecule has 3 aromatic rings. The summed E-state index contributed by atoms with van der Waals surface area (Å²) in [5.41, 5.74) is 1.80. The summed E-state index contributed by atoms with van der Waals surface area (Å²) in [6.07, 6.45) is -1.77. The lowest BCUT2D eigenvalue weighted by Crippen LogP contribution is -2.38. The number of hydrogen-bond acceptors (Lipinski definition) is 3. The fourth-order valence-electron chi connectivity index (χ4n) is 3.31. The minimum Gasteiger partial charge on any atom is -0.487 e. The Morgan fingerprint density at radius 3 is 2.57 bits per heavy atom. The number of hydrogen-bond donors (Lipinski definition) is 0. The van der Waals surface area contributed by atoms with Gasteiger partial charge in [-0.3, -0.25) is 4.79 Å². The summed E-state index contributed by atoms with van der Waals surface area (Å²) in [7, 11) is 0. The van der Waals surface area contributed by atoms with Crippen molar-refractivity contribution in [3.8, 4) is 22.7 Å². The molecular weight excluding hydrogens is 435 g/mol. The Balaban J connectivity index is 1.89. The maximum atomic E-state index is 13.6. The number of rotatable bonds is 5. The van der Waals surface area contributed by atoms with Crippen LogP contribution in [-0.4, -0.2) is 53.1 Å². The molecule has 1 unspecified atom stereocenters. The van der Waals surface area contributed by atoms with Crippen molar-refractivity contribution in [3.05, 3.63) is 64.3 Å². The second-order valence-electron chi connectivity index (χ2n) is 6.75. The number of benzene rings is 2. The van der Waals surface area contributed by atoms with Crippen molar-refractivity contribution in [2.45, 2.75) is 6.17 Å². The van der Waals surface area contributed by atoms with Crippen molar-refractivity contribution in [1.82, 2.24) is 14.7 Å². The average molecular weight is 452 g/mol. The van der Waals surface area contributed by atoms with Crippen LogP contribution in [0.15, 0.2) is 48.5 Å². The van der Waals surface area contributed by atoms with E-state index in [-0.39, 0.29) is 31.1 Å². The van der Waals surface area contributed by atoms with Crippen LogP contribution in [0, 0.1) is 0 Å². The lowest BCUT2D eigenvalue weighted by atomic mass is 10.1. The van der Waals surface area contributed by atoms with Gasteiger partial charge in [0.2, 0.25) is 0 Å². The zero-order chi connectivity index (χ0) is 21.3. The Kier molecular flexibility index (Phi) is 5.92. The van der Waals surface area contributed by atoms with E-state index in [1.165, 1.54) is 9.58 Å². The van der Waals surface area contributed by atoms with Crippen LogP contribution >= 0.6 is 23.2 Å². The zero-order valence-corrected chi connectivity index (χ0v) is 17.2. The van der Waals surface area contributed by atoms with Gasteiger partial charge >= 0.3 is 0 Å². The van der Waals surface area contributed by atoms with Crippen molar-refractivity contribution in [3.63, 3.8) is 0 Å². The molecular formula is C21H17Cl2F2N3O2. The lowest BCUT2D eigenvalue weighted by molar-refractivity contribution is 0.0685. The molecule has 0 spiro atoms. The number of fused-ring (bicyclic) bond motifs is 1. The molecule has 0 saturated carbocycles. The summed E-state index contributed by atoms with van der Waals surface area (Å²) in [6.45, 7) is -1.29. The second-order valence-corrected chi connectivity index (χ2v) is 7.59. The SMILES string of the molecule is O=C1c2nn(-c3ccccc3Cl)c(-c3ccc(Cl)cc3)c2OCCN1CC(F)CF. The first kappa shape index (κ1) is 20.6. The Morgan fingerprint density at radius 1 is 1.13 bits per heavy atom. The molecule has 0 radical (unpaired) electrons. The van der Waals surface area contributed by atoms with E-state index < -0.39 is 18.8 Å². The molecule has 1 atom stereocenters. The van der Waals surface area contributed by atoms with E-state index in [2.05, 4.69) is 5.10 Å². The minimum absolute atomic E-state index is 0.0171. The maximum absolute atomic E-state index is 13.6. The molecule has 2 heterocycles. The Labute approximate surface area is 181 Å². The first-order valence-corrected chi connectivity index (χ1v) is 10.0. The summed E-state index contributed by atoms with van der Waals surface area (Å²) in [5.74, 6) is -0.264. The molecule has 2 aromatic carbocycles. The van der Waals surface area contributed by atoms with Gasteiger partial charge in [0, 0.05) is 10.6 Å². The van der Waals surface area contributed by atoms with Gasteiger partial charge in [-0.15, -0.1) is 0 Å². The van der Waals surface area contributed by atoms with Crippen molar-refractivity contribution >= 4 is 29.1 Å². The van der Waals surface area contributed by atoms with E-state index in [1.54, 1.807) is 48.5 Å². The third-order valence-corrected chi connectivity index (χ3v) is 5.30. The molecule has 156 valence electrons. The molecule has 0 aliphatic carbocycles. The molecule has 1 aliphatic heterocycles. The zero-order valence-electron chi connectivity index (χ0n) is 15.7. The van der Waals surface area contributed by atoms with Gasteiger partial charge in [0.05, 0.1) is 23.8 Å². The third-order valence-electron chi connectivity index (χ3n) is 4.72. The monoisotopic (exact) mass is 451 g/mol. The summed E-state index contributed by atoms with van der Waals surface area (Å²) in [6, 6.07) is 14.0. The Bertz CT molecular complexity index is 1070. The number of carbonyl (C=O) groups is 1. The standard InChI is InChI=1S/C21H17Cl2F2N3O2/c22-14-7-5-13(6-8-14)19-20-18(26-28(19)17-4-2-1-3-16(17)23)21(29)27(9-10-30-20)12-15(25)11-24/h1-8,15H,9-12H2. The fraction of sp³-hybridized carbons (Fsp3) is 0.238. The number of para-hydroxylation sites is 1. The van der Waals surface area contributed by atoms with Crippen molar-refractivity contribution in [2.75, 3.05) is 26.4 Å². The van der Waals surface area contributed by atoms with Gasteiger partial charge in [0.15, 0.2) is 11.4 Å². The number of halogens is 4. The largest absolute Gasteiger partial charge is 0.487 e. The second kappa shape index (κ2) is 8.62. The van der Waals surface area contributed by atoms with Gasteiger partial charge in [-0.2, -0.15) is 5.10 Å². The van der Waals surface area contributed by atoms with Gasteiger partial charge in [-0.05, 0) is 24.3 Å². The highest BCUT2D eigenvalue weighted by atomic mass is 35.5. The van der Waals surface area contributed by atoms with Gasteiger partial charge in [0.1, 0.15) is 25.1 Å². The van der Waals surface area contributed by atoms with Crippen LogP contribution in [0.25, 0.3) is 16.9 Å². The van der Waals surface area contributed by atoms with Gasteiger partial charge in [0.25, 0.3) is 5.91 Å². The number of carbonyl (C=O) groups excluding carboxylic acids is 1. The van der Waals surface area contributed by atoms with Crippen LogP contribution in [0.5, 0.6) is 5.75 Å². The number of alkyl halides is 2. The summed E-state index contributed by atoms with van der Waals surface area (Å²) in [4.78, 5) is 14.3. The van der Waals surface area contributed by atoms with Crippen LogP contribution < -0.4 is 4.74 Å². The van der Waals surface area contributed by atoms with E-state index >= 15 is 0 Å². The number of aromatic nitrogens is 2. The molecule has 0 fully saturated rings. The minimum atomic E-state index is -1.77. The number of nitrogens with zero attached hydrogens (tertiary/aromatic N) is 3. The smallest absolute Gasteiger partial charge is 0.278 e. The first-order chi connectivity index (χ1) is 14.5. The predicted molar refractivity (Wildman–Crippen MR) is 111 cm³/mol. The van der Waals surface area contributed by atoms with E-state index in [0.717, 1.165) is 0 Å². The fourth-order valence-corrected chi connectivity index (χ4v) is 3.65. The normalized spacial score (nSPS) is 14.8. The quantitative estimate of drug-likeness (QED) is 0.548. The van der Waals surface area contributed by atoms with Crippen LogP contribution in [-0.2, 0) is 0 Å². The Hall–Kier alpha value is -2.64. The van der Waals surface area contributed by atoms with E-state index in [9.17, 15) is 13.6 Å². The molecule has 1 aliphatic rings. The van der Waals surface area contributed by atoms with Crippen molar-refractivity contribution in [1.29, 1.82) is 0 Å². The Morgan fingerprint density at radius 2 is 1.87 bits per heavy atom. The molecule has 0 bridgehead atoms. The van der Waals surface area contributed by atoms with Crippen LogP contribution in [0.3, 0.4) is 0 Å².